The number of thiophene rings is 1. The van der Waals surface area contributed by atoms with Crippen LogP contribution >= 0.6 is 22.9 Å². The van der Waals surface area contributed by atoms with Crippen LogP contribution in [-0.2, 0) is 12.8 Å². The number of aryl methyl sites for hydroxylation is 2. The minimum absolute atomic E-state index is 0.275. The zero-order chi connectivity index (χ0) is 13.2. The molecule has 1 aliphatic rings. The monoisotopic (exact) mass is 292 g/mol. The zero-order valence-corrected chi connectivity index (χ0v) is 12.5. The summed E-state index contributed by atoms with van der Waals surface area (Å²) in [5, 5.41) is 4.18. The lowest BCUT2D eigenvalue weighted by atomic mass is 9.99. The van der Waals surface area contributed by atoms with Crippen LogP contribution in [0.1, 0.15) is 41.1 Å². The fourth-order valence-corrected chi connectivity index (χ4v) is 3.93. The van der Waals surface area contributed by atoms with Gasteiger partial charge in [-0.05, 0) is 50.3 Å². The minimum atomic E-state index is 0.275. The van der Waals surface area contributed by atoms with E-state index in [4.69, 9.17) is 11.6 Å². The van der Waals surface area contributed by atoms with E-state index in [0.29, 0.717) is 0 Å². The quantitative estimate of drug-likeness (QED) is 0.875. The number of halogens is 1. The van der Waals surface area contributed by atoms with Gasteiger partial charge in [0, 0.05) is 16.0 Å². The first-order valence-electron chi connectivity index (χ1n) is 6.71. The van der Waals surface area contributed by atoms with Crippen molar-refractivity contribution in [2.24, 2.45) is 0 Å². The maximum Gasteiger partial charge on any atom is 0.0721 e. The van der Waals surface area contributed by atoms with Crippen LogP contribution in [0.5, 0.6) is 0 Å². The third kappa shape index (κ3) is 2.77. The van der Waals surface area contributed by atoms with Crippen LogP contribution in [0.3, 0.4) is 0 Å². The fraction of sp³-hybridized carbons (Fsp3) is 0.400. The number of hydrogen-bond donors (Lipinski definition) is 1. The Morgan fingerprint density at radius 1 is 1.37 bits per heavy atom. The Morgan fingerprint density at radius 2 is 2.21 bits per heavy atom. The average Bonchev–Trinajstić information content (AvgIpc) is 2.85. The van der Waals surface area contributed by atoms with E-state index in [1.165, 1.54) is 30.6 Å². The van der Waals surface area contributed by atoms with Crippen LogP contribution < -0.4 is 5.32 Å². The number of nitrogens with one attached hydrogen (secondary N) is 1. The molecule has 4 heteroatoms. The summed E-state index contributed by atoms with van der Waals surface area (Å²) in [6.07, 6.45) is 8.66. The van der Waals surface area contributed by atoms with Crippen molar-refractivity contribution in [3.63, 3.8) is 0 Å². The number of pyridine rings is 1. The highest BCUT2D eigenvalue weighted by molar-refractivity contribution is 7.12. The summed E-state index contributed by atoms with van der Waals surface area (Å²) in [4.78, 5) is 7.09. The molecule has 1 unspecified atom stereocenters. The summed E-state index contributed by atoms with van der Waals surface area (Å²) in [7, 11) is 0. The van der Waals surface area contributed by atoms with E-state index in [-0.39, 0.29) is 6.04 Å². The van der Waals surface area contributed by atoms with Crippen molar-refractivity contribution in [3.8, 4) is 0 Å². The van der Waals surface area contributed by atoms with Crippen molar-refractivity contribution in [2.75, 3.05) is 5.32 Å². The van der Waals surface area contributed by atoms with E-state index in [9.17, 15) is 0 Å². The summed E-state index contributed by atoms with van der Waals surface area (Å²) in [6, 6.07) is 4.45. The van der Waals surface area contributed by atoms with Gasteiger partial charge in [0.2, 0.25) is 0 Å². The van der Waals surface area contributed by atoms with Crippen LogP contribution in [0.15, 0.2) is 24.5 Å². The third-order valence-corrected chi connectivity index (χ3v) is 5.33. The highest BCUT2D eigenvalue weighted by atomic mass is 35.5. The predicted octanol–water partition coefficient (Wildman–Crippen LogP) is 4.85. The first kappa shape index (κ1) is 12.9. The summed E-state index contributed by atoms with van der Waals surface area (Å²) < 4.78 is 0. The average molecular weight is 293 g/mol. The van der Waals surface area contributed by atoms with Gasteiger partial charge in [0.05, 0.1) is 22.9 Å². The normalized spacial score (nSPS) is 15.9. The molecular weight excluding hydrogens is 276 g/mol. The van der Waals surface area contributed by atoms with Gasteiger partial charge >= 0.3 is 0 Å². The van der Waals surface area contributed by atoms with Crippen LogP contribution in [0.25, 0.3) is 0 Å². The van der Waals surface area contributed by atoms with E-state index >= 15 is 0 Å². The Labute approximate surface area is 122 Å². The van der Waals surface area contributed by atoms with Crippen LogP contribution in [0.4, 0.5) is 5.69 Å². The van der Waals surface area contributed by atoms with Crippen LogP contribution in [-0.4, -0.2) is 4.98 Å². The second-order valence-corrected chi connectivity index (χ2v) is 6.60. The molecule has 0 saturated carbocycles. The van der Waals surface area contributed by atoms with Crippen molar-refractivity contribution in [1.29, 1.82) is 0 Å². The topological polar surface area (TPSA) is 24.9 Å². The predicted molar refractivity (Wildman–Crippen MR) is 82.2 cm³/mol. The molecule has 0 saturated heterocycles. The Morgan fingerprint density at radius 3 is 3.00 bits per heavy atom. The lowest BCUT2D eigenvalue weighted by Crippen LogP contribution is -2.05. The molecule has 2 aromatic heterocycles. The van der Waals surface area contributed by atoms with Gasteiger partial charge in [-0.2, -0.15) is 0 Å². The Bertz CT molecular complexity index is 556. The first-order chi connectivity index (χ1) is 9.24. The number of hydrogen-bond acceptors (Lipinski definition) is 3. The summed E-state index contributed by atoms with van der Waals surface area (Å²) in [5.74, 6) is 0. The molecule has 0 spiro atoms. The van der Waals surface area contributed by atoms with Crippen molar-refractivity contribution in [1.82, 2.24) is 4.98 Å². The molecule has 100 valence electrons. The van der Waals surface area contributed by atoms with Gasteiger partial charge in [-0.3, -0.25) is 4.98 Å². The van der Waals surface area contributed by atoms with Gasteiger partial charge in [-0.1, -0.05) is 11.6 Å². The number of aromatic nitrogens is 1. The van der Waals surface area contributed by atoms with Crippen LogP contribution in [0.2, 0.25) is 5.02 Å². The van der Waals surface area contributed by atoms with Gasteiger partial charge < -0.3 is 5.32 Å². The molecule has 1 atom stereocenters. The summed E-state index contributed by atoms with van der Waals surface area (Å²) in [6.45, 7) is 2.18. The highest BCUT2D eigenvalue weighted by Crippen LogP contribution is 2.34. The molecule has 0 fully saturated rings. The molecule has 3 rings (SSSR count). The van der Waals surface area contributed by atoms with Crippen LogP contribution in [0, 0.1) is 0 Å². The molecule has 0 radical (unpaired) electrons. The lowest BCUT2D eigenvalue weighted by Gasteiger charge is -2.14. The summed E-state index contributed by atoms with van der Waals surface area (Å²) in [5.41, 5.74) is 2.46. The smallest absolute Gasteiger partial charge is 0.0721 e. The molecule has 2 aromatic rings. The van der Waals surface area contributed by atoms with Crippen molar-refractivity contribution in [2.45, 2.75) is 38.6 Å². The minimum Gasteiger partial charge on any atom is -0.375 e. The van der Waals surface area contributed by atoms with Gasteiger partial charge in [0.25, 0.3) is 0 Å². The van der Waals surface area contributed by atoms with Crippen molar-refractivity contribution in [3.05, 3.63) is 44.9 Å². The largest absolute Gasteiger partial charge is 0.375 e. The fourth-order valence-electron chi connectivity index (χ4n) is 2.52. The standard InChI is InChI=1S/C15H17ClN2S/c1-10(18-13-9-17-7-6-12(13)16)15-8-11-4-2-3-5-14(11)19-15/h6-10,18H,2-5H2,1H3. The van der Waals surface area contributed by atoms with E-state index in [1.807, 2.05) is 17.4 Å². The molecule has 19 heavy (non-hydrogen) atoms. The molecule has 1 aliphatic carbocycles. The lowest BCUT2D eigenvalue weighted by molar-refractivity contribution is 0.696. The molecule has 0 bridgehead atoms. The number of fused-ring (bicyclic) bond motifs is 1. The van der Waals surface area contributed by atoms with E-state index in [0.717, 1.165) is 10.7 Å². The molecule has 0 aliphatic heterocycles. The van der Waals surface area contributed by atoms with Crippen molar-refractivity contribution >= 4 is 28.6 Å². The maximum absolute atomic E-state index is 6.16. The second-order valence-electron chi connectivity index (χ2n) is 5.03. The molecular formula is C15H17ClN2S. The Balaban J connectivity index is 1.79. The number of rotatable bonds is 3. The Kier molecular flexibility index (Phi) is 3.76. The molecule has 0 amide bonds. The van der Waals surface area contributed by atoms with E-state index < -0.39 is 0 Å². The third-order valence-electron chi connectivity index (χ3n) is 3.58. The Hall–Kier alpha value is -1.06. The first-order valence-corrected chi connectivity index (χ1v) is 7.91. The van der Waals surface area contributed by atoms with Crippen molar-refractivity contribution < 1.29 is 0 Å². The number of nitrogens with zero attached hydrogens (tertiary/aromatic N) is 1. The molecule has 2 nitrogen and oxygen atoms in total. The van der Waals surface area contributed by atoms with Gasteiger partial charge in [-0.25, -0.2) is 0 Å². The highest BCUT2D eigenvalue weighted by Gasteiger charge is 2.17. The SMILES string of the molecule is CC(Nc1cnccc1Cl)c1cc2c(s1)CCCC2. The molecule has 1 N–H and O–H groups in total. The van der Waals surface area contributed by atoms with E-state index in [1.54, 1.807) is 22.8 Å². The number of anilines is 1. The second kappa shape index (κ2) is 5.51. The maximum atomic E-state index is 6.16. The zero-order valence-electron chi connectivity index (χ0n) is 10.9. The molecule has 0 aromatic carbocycles. The van der Waals surface area contributed by atoms with Gasteiger partial charge in [0.1, 0.15) is 0 Å². The summed E-state index contributed by atoms with van der Waals surface area (Å²) >= 11 is 8.10. The van der Waals surface area contributed by atoms with E-state index in [2.05, 4.69) is 23.3 Å². The van der Waals surface area contributed by atoms with Gasteiger partial charge in [-0.15, -0.1) is 11.3 Å². The molecule has 2 heterocycles. The van der Waals surface area contributed by atoms with Gasteiger partial charge in [0.15, 0.2) is 0 Å².